The van der Waals surface area contributed by atoms with Crippen LogP contribution in [0.15, 0.2) is 36.5 Å². The van der Waals surface area contributed by atoms with Crippen LogP contribution in [0.2, 0.25) is 5.02 Å². The van der Waals surface area contributed by atoms with Crippen LogP contribution in [0.1, 0.15) is 20.8 Å². The highest BCUT2D eigenvalue weighted by Gasteiger charge is 2.12. The second-order valence-corrected chi connectivity index (χ2v) is 4.37. The van der Waals surface area contributed by atoms with Crippen LogP contribution in [0.5, 0.6) is 0 Å². The number of anilines is 1. The average Bonchev–Trinajstić information content (AvgIpc) is 2.75. The topological polar surface area (TPSA) is 71.3 Å². The smallest absolute Gasteiger partial charge is 0.337 e. The van der Waals surface area contributed by atoms with E-state index in [2.05, 4.69) is 5.32 Å². The van der Waals surface area contributed by atoms with Gasteiger partial charge in [0.05, 0.1) is 10.6 Å². The third-order valence-electron chi connectivity index (χ3n) is 2.63. The lowest BCUT2D eigenvalue weighted by atomic mass is 10.2. The zero-order valence-electron chi connectivity index (χ0n) is 10.1. The van der Waals surface area contributed by atoms with Crippen molar-refractivity contribution in [3.8, 4) is 0 Å². The fraction of sp³-hybridized carbons (Fsp3) is 0.0769. The number of nitrogens with zero attached hydrogens (tertiary/aromatic N) is 1. The van der Waals surface area contributed by atoms with E-state index in [4.69, 9.17) is 16.7 Å². The summed E-state index contributed by atoms with van der Waals surface area (Å²) in [6.07, 6.45) is 1.76. The van der Waals surface area contributed by atoms with E-state index in [1.54, 1.807) is 29.9 Å². The third kappa shape index (κ3) is 2.77. The van der Waals surface area contributed by atoms with Crippen LogP contribution in [-0.4, -0.2) is 21.6 Å². The lowest BCUT2D eigenvalue weighted by Crippen LogP contribution is -2.15. The summed E-state index contributed by atoms with van der Waals surface area (Å²) >= 11 is 5.83. The predicted molar refractivity (Wildman–Crippen MR) is 71.8 cm³/mol. The van der Waals surface area contributed by atoms with E-state index in [1.807, 2.05) is 0 Å². The zero-order chi connectivity index (χ0) is 14.0. The Morgan fingerprint density at radius 2 is 2.05 bits per heavy atom. The SMILES string of the molecule is Cn1cccc1C(=O)Nc1ccc(C(=O)O)c(Cl)c1. The molecule has 0 saturated carbocycles. The van der Waals surface area contributed by atoms with E-state index in [-0.39, 0.29) is 16.5 Å². The molecule has 0 bridgehead atoms. The third-order valence-corrected chi connectivity index (χ3v) is 2.95. The number of hydrogen-bond donors (Lipinski definition) is 2. The van der Waals surface area contributed by atoms with E-state index in [1.165, 1.54) is 18.2 Å². The van der Waals surface area contributed by atoms with E-state index in [0.717, 1.165) is 0 Å². The van der Waals surface area contributed by atoms with Gasteiger partial charge in [-0.15, -0.1) is 0 Å². The summed E-state index contributed by atoms with van der Waals surface area (Å²) in [5.41, 5.74) is 0.943. The Kier molecular flexibility index (Phi) is 3.57. The van der Waals surface area contributed by atoms with Crippen molar-refractivity contribution >= 4 is 29.2 Å². The van der Waals surface area contributed by atoms with Gasteiger partial charge in [-0.2, -0.15) is 0 Å². The van der Waals surface area contributed by atoms with Gasteiger partial charge in [0.15, 0.2) is 0 Å². The lowest BCUT2D eigenvalue weighted by molar-refractivity contribution is 0.0697. The Balaban J connectivity index is 2.21. The van der Waals surface area contributed by atoms with Crippen molar-refractivity contribution < 1.29 is 14.7 Å². The summed E-state index contributed by atoms with van der Waals surface area (Å²) in [6, 6.07) is 7.70. The first-order valence-corrected chi connectivity index (χ1v) is 5.82. The van der Waals surface area contributed by atoms with Gasteiger partial charge in [-0.1, -0.05) is 11.6 Å². The molecular formula is C13H11ClN2O3. The molecule has 6 heteroatoms. The maximum Gasteiger partial charge on any atom is 0.337 e. The normalized spacial score (nSPS) is 10.2. The highest BCUT2D eigenvalue weighted by Crippen LogP contribution is 2.21. The number of amides is 1. The average molecular weight is 279 g/mol. The molecule has 0 aliphatic carbocycles. The van der Waals surface area contributed by atoms with Crippen LogP contribution in [-0.2, 0) is 7.05 Å². The van der Waals surface area contributed by atoms with Gasteiger partial charge in [0.1, 0.15) is 5.69 Å². The fourth-order valence-corrected chi connectivity index (χ4v) is 1.92. The standard InChI is InChI=1S/C13H11ClN2O3/c1-16-6-2-3-11(16)12(17)15-8-4-5-9(13(18)19)10(14)7-8/h2-7H,1H3,(H,15,17)(H,18,19). The zero-order valence-corrected chi connectivity index (χ0v) is 10.8. The number of carboxylic acid groups (broad SMARTS) is 1. The molecule has 5 nitrogen and oxygen atoms in total. The maximum absolute atomic E-state index is 11.9. The maximum atomic E-state index is 11.9. The summed E-state index contributed by atoms with van der Waals surface area (Å²) in [5.74, 6) is -1.39. The number of hydrogen-bond acceptors (Lipinski definition) is 2. The molecule has 0 radical (unpaired) electrons. The minimum atomic E-state index is -1.11. The van der Waals surface area contributed by atoms with Gasteiger partial charge in [-0.25, -0.2) is 4.79 Å². The molecule has 0 atom stereocenters. The van der Waals surface area contributed by atoms with Crippen molar-refractivity contribution in [1.82, 2.24) is 4.57 Å². The molecule has 0 aliphatic heterocycles. The molecular weight excluding hydrogens is 268 g/mol. The Morgan fingerprint density at radius 3 is 2.58 bits per heavy atom. The molecule has 0 saturated heterocycles. The number of rotatable bonds is 3. The first kappa shape index (κ1) is 13.2. The molecule has 19 heavy (non-hydrogen) atoms. The Morgan fingerprint density at radius 1 is 1.32 bits per heavy atom. The highest BCUT2D eigenvalue weighted by atomic mass is 35.5. The molecule has 1 aromatic heterocycles. The van der Waals surface area contributed by atoms with Crippen molar-refractivity contribution in [2.45, 2.75) is 0 Å². The van der Waals surface area contributed by atoms with Gasteiger partial charge in [0.2, 0.25) is 0 Å². The summed E-state index contributed by atoms with van der Waals surface area (Å²) in [7, 11) is 1.76. The first-order valence-electron chi connectivity index (χ1n) is 5.44. The van der Waals surface area contributed by atoms with Crippen molar-refractivity contribution in [3.05, 3.63) is 52.8 Å². The summed E-state index contributed by atoms with van der Waals surface area (Å²) in [5, 5.41) is 11.6. The summed E-state index contributed by atoms with van der Waals surface area (Å²) < 4.78 is 1.68. The van der Waals surface area contributed by atoms with Gasteiger partial charge >= 0.3 is 5.97 Å². The number of benzene rings is 1. The number of halogens is 1. The van der Waals surface area contributed by atoms with Crippen molar-refractivity contribution in [3.63, 3.8) is 0 Å². The lowest BCUT2D eigenvalue weighted by Gasteiger charge is -2.07. The van der Waals surface area contributed by atoms with Crippen molar-refractivity contribution in [1.29, 1.82) is 0 Å². The molecule has 1 heterocycles. The highest BCUT2D eigenvalue weighted by molar-refractivity contribution is 6.33. The number of aromatic carboxylic acids is 1. The number of aryl methyl sites for hydroxylation is 1. The van der Waals surface area contributed by atoms with Crippen LogP contribution in [0.4, 0.5) is 5.69 Å². The molecule has 0 aliphatic rings. The molecule has 98 valence electrons. The number of carboxylic acids is 1. The number of aromatic nitrogens is 1. The Labute approximate surface area is 114 Å². The number of carbonyl (C=O) groups excluding carboxylic acids is 1. The van der Waals surface area contributed by atoms with Gasteiger partial charge in [0.25, 0.3) is 5.91 Å². The van der Waals surface area contributed by atoms with E-state index < -0.39 is 5.97 Å². The van der Waals surface area contributed by atoms with E-state index >= 15 is 0 Å². The molecule has 1 aromatic carbocycles. The molecule has 2 rings (SSSR count). The number of nitrogens with one attached hydrogen (secondary N) is 1. The second kappa shape index (κ2) is 5.16. The minimum Gasteiger partial charge on any atom is -0.478 e. The first-order chi connectivity index (χ1) is 8.99. The predicted octanol–water partition coefficient (Wildman–Crippen LogP) is 2.63. The molecule has 0 fully saturated rings. The number of carbonyl (C=O) groups is 2. The van der Waals surface area contributed by atoms with Crippen molar-refractivity contribution in [2.75, 3.05) is 5.32 Å². The second-order valence-electron chi connectivity index (χ2n) is 3.96. The molecule has 2 N–H and O–H groups in total. The molecule has 1 amide bonds. The fourth-order valence-electron chi connectivity index (χ4n) is 1.66. The van der Waals surface area contributed by atoms with Crippen LogP contribution in [0, 0.1) is 0 Å². The largest absolute Gasteiger partial charge is 0.478 e. The van der Waals surface area contributed by atoms with Crippen molar-refractivity contribution in [2.24, 2.45) is 7.05 Å². The summed E-state index contributed by atoms with van der Waals surface area (Å²) in [4.78, 5) is 22.7. The van der Waals surface area contributed by atoms with Crippen LogP contribution < -0.4 is 5.32 Å². The van der Waals surface area contributed by atoms with E-state index in [0.29, 0.717) is 11.4 Å². The van der Waals surface area contributed by atoms with Crippen LogP contribution in [0.3, 0.4) is 0 Å². The summed E-state index contributed by atoms with van der Waals surface area (Å²) in [6.45, 7) is 0. The van der Waals surface area contributed by atoms with E-state index in [9.17, 15) is 9.59 Å². The molecule has 2 aromatic rings. The quantitative estimate of drug-likeness (QED) is 0.906. The monoisotopic (exact) mass is 278 g/mol. The van der Waals surface area contributed by atoms with Crippen LogP contribution >= 0.6 is 11.6 Å². The van der Waals surface area contributed by atoms with Crippen LogP contribution in [0.25, 0.3) is 0 Å². The van der Waals surface area contributed by atoms with Gasteiger partial charge in [0, 0.05) is 18.9 Å². The van der Waals surface area contributed by atoms with Gasteiger partial charge in [-0.3, -0.25) is 4.79 Å². The Bertz CT molecular complexity index is 649. The Hall–Kier alpha value is -2.27. The molecule has 0 unspecified atom stereocenters. The molecule has 0 spiro atoms. The van der Waals surface area contributed by atoms with Gasteiger partial charge < -0.3 is 15.0 Å². The minimum absolute atomic E-state index is 0.00136. The van der Waals surface area contributed by atoms with Gasteiger partial charge in [-0.05, 0) is 30.3 Å².